The summed E-state index contributed by atoms with van der Waals surface area (Å²) in [4.78, 5) is 17.1. The van der Waals surface area contributed by atoms with Crippen LogP contribution in [0.4, 0.5) is 0 Å². The van der Waals surface area contributed by atoms with Crippen LogP contribution in [0.25, 0.3) is 0 Å². The van der Waals surface area contributed by atoms with Gasteiger partial charge in [-0.3, -0.25) is 4.79 Å². The lowest BCUT2D eigenvalue weighted by Crippen LogP contribution is -2.22. The topological polar surface area (TPSA) is 81.2 Å². The fourth-order valence-corrected chi connectivity index (χ4v) is 2.72. The number of amides is 1. The minimum absolute atomic E-state index is 0.117. The molecule has 0 saturated carbocycles. The van der Waals surface area contributed by atoms with Crippen molar-refractivity contribution in [2.75, 3.05) is 6.54 Å². The second-order valence-corrected chi connectivity index (χ2v) is 5.35. The number of nitrogens with two attached hydrogens (primary N) is 1. The average Bonchev–Trinajstić information content (AvgIpc) is 2.93. The van der Waals surface area contributed by atoms with Crippen LogP contribution in [-0.2, 0) is 13.0 Å². The summed E-state index contributed by atoms with van der Waals surface area (Å²) < 4.78 is 5.28. The van der Waals surface area contributed by atoms with Gasteiger partial charge in [-0.15, -0.1) is 11.3 Å². The first-order chi connectivity index (χ1) is 9.11. The van der Waals surface area contributed by atoms with E-state index in [2.05, 4.69) is 10.3 Å². The first kappa shape index (κ1) is 13.8. The third kappa shape index (κ3) is 3.21. The van der Waals surface area contributed by atoms with Gasteiger partial charge in [-0.25, -0.2) is 4.98 Å². The van der Waals surface area contributed by atoms with Crippen LogP contribution in [0.1, 0.15) is 31.7 Å². The summed E-state index contributed by atoms with van der Waals surface area (Å²) in [6.45, 7) is 4.71. The van der Waals surface area contributed by atoms with E-state index in [0.717, 1.165) is 22.0 Å². The summed E-state index contributed by atoms with van der Waals surface area (Å²) in [7, 11) is 0. The van der Waals surface area contributed by atoms with E-state index in [1.54, 1.807) is 6.26 Å². The Kier molecular flexibility index (Phi) is 4.34. The number of aryl methyl sites for hydroxylation is 2. The molecule has 1 amide bonds. The van der Waals surface area contributed by atoms with Crippen molar-refractivity contribution < 1.29 is 9.21 Å². The fourth-order valence-electron chi connectivity index (χ4n) is 1.72. The van der Waals surface area contributed by atoms with Crippen molar-refractivity contribution in [3.8, 4) is 0 Å². The van der Waals surface area contributed by atoms with E-state index in [9.17, 15) is 4.79 Å². The maximum absolute atomic E-state index is 12.1. The molecular formula is C13H17N3O2S. The van der Waals surface area contributed by atoms with Crippen molar-refractivity contribution >= 4 is 17.2 Å². The van der Waals surface area contributed by atoms with Gasteiger partial charge in [0.2, 0.25) is 0 Å². The predicted molar refractivity (Wildman–Crippen MR) is 74.2 cm³/mol. The van der Waals surface area contributed by atoms with E-state index < -0.39 is 0 Å². The van der Waals surface area contributed by atoms with Crippen molar-refractivity contribution in [1.29, 1.82) is 0 Å². The van der Waals surface area contributed by atoms with E-state index in [0.29, 0.717) is 24.4 Å². The molecular weight excluding hydrogens is 262 g/mol. The van der Waals surface area contributed by atoms with Gasteiger partial charge in [0, 0.05) is 6.42 Å². The SMILES string of the molecule is Cc1ccoc1CNC(=O)c1sc(CCN)nc1C. The van der Waals surface area contributed by atoms with E-state index in [1.165, 1.54) is 11.3 Å². The Hall–Kier alpha value is -1.66. The number of thiazole rings is 1. The zero-order valence-corrected chi connectivity index (χ0v) is 11.8. The van der Waals surface area contributed by atoms with Gasteiger partial charge in [-0.1, -0.05) is 0 Å². The quantitative estimate of drug-likeness (QED) is 0.874. The van der Waals surface area contributed by atoms with Crippen molar-refractivity contribution in [1.82, 2.24) is 10.3 Å². The first-order valence-electron chi connectivity index (χ1n) is 6.09. The predicted octanol–water partition coefficient (Wildman–Crippen LogP) is 1.78. The summed E-state index contributed by atoms with van der Waals surface area (Å²) in [5, 5.41) is 3.75. The molecule has 0 atom stereocenters. The van der Waals surface area contributed by atoms with E-state index in [4.69, 9.17) is 10.2 Å². The molecule has 0 spiro atoms. The molecule has 0 fully saturated rings. The van der Waals surface area contributed by atoms with Crippen LogP contribution in [0, 0.1) is 13.8 Å². The zero-order chi connectivity index (χ0) is 13.8. The van der Waals surface area contributed by atoms with Crippen molar-refractivity contribution in [2.24, 2.45) is 5.73 Å². The molecule has 0 saturated heterocycles. The lowest BCUT2D eigenvalue weighted by atomic mass is 10.3. The van der Waals surface area contributed by atoms with Crippen molar-refractivity contribution in [3.05, 3.63) is 39.2 Å². The Morgan fingerprint density at radius 2 is 2.32 bits per heavy atom. The Morgan fingerprint density at radius 3 is 2.95 bits per heavy atom. The average molecular weight is 279 g/mol. The van der Waals surface area contributed by atoms with E-state index in [1.807, 2.05) is 19.9 Å². The Balaban J connectivity index is 2.02. The second-order valence-electron chi connectivity index (χ2n) is 4.27. The second kappa shape index (κ2) is 5.99. The fraction of sp³-hybridized carbons (Fsp3) is 0.385. The van der Waals surface area contributed by atoms with Crippen LogP contribution >= 0.6 is 11.3 Å². The molecule has 2 aromatic rings. The molecule has 6 heteroatoms. The van der Waals surface area contributed by atoms with Crippen molar-refractivity contribution in [3.63, 3.8) is 0 Å². The number of furan rings is 1. The summed E-state index contributed by atoms with van der Waals surface area (Å²) in [6, 6.07) is 1.87. The molecule has 2 rings (SSSR count). The number of hydrogen-bond acceptors (Lipinski definition) is 5. The van der Waals surface area contributed by atoms with Crippen LogP contribution in [0.15, 0.2) is 16.7 Å². The summed E-state index contributed by atoms with van der Waals surface area (Å²) in [6.07, 6.45) is 2.32. The lowest BCUT2D eigenvalue weighted by molar-refractivity contribution is 0.0951. The van der Waals surface area contributed by atoms with E-state index in [-0.39, 0.29) is 5.91 Å². The first-order valence-corrected chi connectivity index (χ1v) is 6.91. The number of carbonyl (C=O) groups excluding carboxylic acids is 1. The maximum Gasteiger partial charge on any atom is 0.263 e. The Morgan fingerprint density at radius 1 is 1.53 bits per heavy atom. The highest BCUT2D eigenvalue weighted by Crippen LogP contribution is 2.18. The third-order valence-corrected chi connectivity index (χ3v) is 4.00. The van der Waals surface area contributed by atoms with Crippen molar-refractivity contribution in [2.45, 2.75) is 26.8 Å². The van der Waals surface area contributed by atoms with Crippen LogP contribution in [0.5, 0.6) is 0 Å². The highest BCUT2D eigenvalue weighted by Gasteiger charge is 2.15. The normalized spacial score (nSPS) is 10.7. The minimum atomic E-state index is -0.117. The number of nitrogens with zero attached hydrogens (tertiary/aromatic N) is 1. The number of hydrogen-bond donors (Lipinski definition) is 2. The summed E-state index contributed by atoms with van der Waals surface area (Å²) >= 11 is 1.40. The number of aromatic nitrogens is 1. The molecule has 102 valence electrons. The molecule has 19 heavy (non-hydrogen) atoms. The molecule has 0 aliphatic heterocycles. The molecule has 0 aliphatic rings. The number of nitrogens with one attached hydrogen (secondary N) is 1. The molecule has 0 radical (unpaired) electrons. The highest BCUT2D eigenvalue weighted by atomic mass is 32.1. The van der Waals surface area contributed by atoms with Crippen LogP contribution in [0.2, 0.25) is 0 Å². The van der Waals surface area contributed by atoms with E-state index >= 15 is 0 Å². The largest absolute Gasteiger partial charge is 0.467 e. The smallest absolute Gasteiger partial charge is 0.263 e. The Bertz CT molecular complexity index is 574. The van der Waals surface area contributed by atoms with Gasteiger partial charge >= 0.3 is 0 Å². The lowest BCUT2D eigenvalue weighted by Gasteiger charge is -2.02. The van der Waals surface area contributed by atoms with Crippen LogP contribution in [-0.4, -0.2) is 17.4 Å². The van der Waals surface area contributed by atoms with Gasteiger partial charge in [0.25, 0.3) is 5.91 Å². The molecule has 0 bridgehead atoms. The van der Waals surface area contributed by atoms with Gasteiger partial charge in [0.15, 0.2) is 0 Å². The Labute approximate surface area is 115 Å². The summed E-state index contributed by atoms with van der Waals surface area (Å²) in [5.74, 6) is 0.659. The minimum Gasteiger partial charge on any atom is -0.467 e. The molecule has 0 unspecified atom stereocenters. The molecule has 2 aromatic heterocycles. The standard InChI is InChI=1S/C13H17N3O2S/c1-8-4-6-18-10(8)7-15-13(17)12-9(2)16-11(19-12)3-5-14/h4,6H,3,5,7,14H2,1-2H3,(H,15,17). The highest BCUT2D eigenvalue weighted by molar-refractivity contribution is 7.13. The number of rotatable bonds is 5. The monoisotopic (exact) mass is 279 g/mol. The van der Waals surface area contributed by atoms with Crippen LogP contribution < -0.4 is 11.1 Å². The zero-order valence-electron chi connectivity index (χ0n) is 11.0. The molecule has 2 heterocycles. The van der Waals surface area contributed by atoms with Gasteiger partial charge in [0.05, 0.1) is 23.5 Å². The number of carbonyl (C=O) groups is 1. The van der Waals surface area contributed by atoms with Gasteiger partial charge in [-0.2, -0.15) is 0 Å². The van der Waals surface area contributed by atoms with Gasteiger partial charge in [-0.05, 0) is 32.0 Å². The summed E-state index contributed by atoms with van der Waals surface area (Å²) in [5.41, 5.74) is 7.27. The van der Waals surface area contributed by atoms with Gasteiger partial charge < -0.3 is 15.5 Å². The van der Waals surface area contributed by atoms with Gasteiger partial charge in [0.1, 0.15) is 10.6 Å². The molecule has 0 aromatic carbocycles. The molecule has 0 aliphatic carbocycles. The molecule has 5 nitrogen and oxygen atoms in total. The van der Waals surface area contributed by atoms with Crippen LogP contribution in [0.3, 0.4) is 0 Å². The maximum atomic E-state index is 12.1. The third-order valence-electron chi connectivity index (χ3n) is 2.78. The molecule has 3 N–H and O–H groups in total.